The Bertz CT molecular complexity index is 489. The fraction of sp³-hybridized carbons (Fsp3) is 0.952. The van der Waals surface area contributed by atoms with E-state index in [4.69, 9.17) is 13.9 Å². The van der Waals surface area contributed by atoms with Gasteiger partial charge in [0.25, 0.3) is 0 Å². The van der Waals surface area contributed by atoms with Crippen molar-refractivity contribution in [2.75, 3.05) is 6.61 Å². The summed E-state index contributed by atoms with van der Waals surface area (Å²) in [5.74, 6) is -0.248. The van der Waals surface area contributed by atoms with E-state index in [-0.39, 0.29) is 28.8 Å². The summed E-state index contributed by atoms with van der Waals surface area (Å²) >= 11 is 0. The molecule has 5 heteroatoms. The van der Waals surface area contributed by atoms with Crippen LogP contribution in [-0.2, 0) is 18.7 Å². The summed E-state index contributed by atoms with van der Waals surface area (Å²) in [5.41, 5.74) is 0. The number of carbonyl (C=O) groups excluding carboxylic acids is 1. The predicted molar refractivity (Wildman–Crippen MR) is 108 cm³/mol. The maximum atomic E-state index is 13.2. The second-order valence-corrected chi connectivity index (χ2v) is 14.9. The van der Waals surface area contributed by atoms with Crippen molar-refractivity contribution >= 4 is 14.1 Å². The van der Waals surface area contributed by atoms with Crippen molar-refractivity contribution < 1.29 is 18.7 Å². The molecule has 0 bridgehead atoms. The highest BCUT2D eigenvalue weighted by atomic mass is 28.4. The van der Waals surface area contributed by atoms with E-state index >= 15 is 0 Å². The zero-order valence-electron chi connectivity index (χ0n) is 18.2. The minimum Gasteiger partial charge on any atom is -0.413 e. The highest BCUT2D eigenvalue weighted by molar-refractivity contribution is 6.74. The SMILES string of the molecule is CC(C)[C@H](O[Si](C)(C)C(C)(C)C)[C@@H](C)C(=O)[C@@H]1COC2(CCCCC2)O1. The third-order valence-electron chi connectivity index (χ3n) is 6.62. The standard InChI is InChI=1S/C21H40O4Si/c1-15(2)19(25-26(7,8)20(4,5)6)16(3)18(22)17-14-23-21(24-17)12-10-9-11-13-21/h15-17,19H,9-14H2,1-8H3/t16-,17-,19-/m0/s1. The molecule has 0 amide bonds. The summed E-state index contributed by atoms with van der Waals surface area (Å²) in [5, 5.41) is 0.127. The van der Waals surface area contributed by atoms with Crippen molar-refractivity contribution in [1.29, 1.82) is 0 Å². The number of hydrogen-bond acceptors (Lipinski definition) is 4. The Hall–Kier alpha value is -0.233. The molecule has 0 unspecified atom stereocenters. The summed E-state index contributed by atoms with van der Waals surface area (Å²) in [7, 11) is -1.94. The van der Waals surface area contributed by atoms with Crippen molar-refractivity contribution in [3.63, 3.8) is 0 Å². The van der Waals surface area contributed by atoms with Gasteiger partial charge in [0, 0.05) is 18.8 Å². The van der Waals surface area contributed by atoms with Gasteiger partial charge in [-0.3, -0.25) is 4.79 Å². The van der Waals surface area contributed by atoms with Crippen molar-refractivity contribution in [3.05, 3.63) is 0 Å². The Balaban J connectivity index is 2.06. The van der Waals surface area contributed by atoms with Crippen LogP contribution in [0.4, 0.5) is 0 Å². The van der Waals surface area contributed by atoms with E-state index in [0.717, 1.165) is 25.7 Å². The van der Waals surface area contributed by atoms with Crippen LogP contribution in [0, 0.1) is 11.8 Å². The van der Waals surface area contributed by atoms with Crippen LogP contribution in [0.3, 0.4) is 0 Å². The van der Waals surface area contributed by atoms with E-state index in [2.05, 4.69) is 47.7 Å². The van der Waals surface area contributed by atoms with E-state index in [1.54, 1.807) is 0 Å². The lowest BCUT2D eigenvalue weighted by Crippen LogP contribution is -2.49. The van der Waals surface area contributed by atoms with Crippen molar-refractivity contribution in [2.45, 2.75) is 110 Å². The predicted octanol–water partition coefficient (Wildman–Crippen LogP) is 5.31. The van der Waals surface area contributed by atoms with Gasteiger partial charge in [-0.1, -0.05) is 48.0 Å². The molecule has 0 aromatic rings. The van der Waals surface area contributed by atoms with E-state index in [1.165, 1.54) is 6.42 Å². The molecule has 152 valence electrons. The summed E-state index contributed by atoms with van der Waals surface area (Å²) in [6.07, 6.45) is 4.80. The first-order chi connectivity index (χ1) is 11.9. The minimum absolute atomic E-state index is 0.0742. The molecular weight excluding hydrogens is 344 g/mol. The lowest BCUT2D eigenvalue weighted by molar-refractivity contribution is -0.190. The van der Waals surface area contributed by atoms with Crippen LogP contribution in [0.25, 0.3) is 0 Å². The molecule has 1 saturated carbocycles. The van der Waals surface area contributed by atoms with Crippen LogP contribution in [0.15, 0.2) is 0 Å². The molecule has 0 aromatic heterocycles. The molecule has 1 aliphatic heterocycles. The Morgan fingerprint density at radius 3 is 2.19 bits per heavy atom. The average Bonchev–Trinajstić information content (AvgIpc) is 2.94. The highest BCUT2D eigenvalue weighted by Gasteiger charge is 2.48. The van der Waals surface area contributed by atoms with E-state index in [0.29, 0.717) is 6.61 Å². The van der Waals surface area contributed by atoms with Crippen LogP contribution in [0.1, 0.15) is 73.6 Å². The molecule has 2 aliphatic rings. The Morgan fingerprint density at radius 2 is 1.69 bits per heavy atom. The number of ether oxygens (including phenoxy) is 2. The van der Waals surface area contributed by atoms with E-state index in [1.807, 2.05) is 6.92 Å². The van der Waals surface area contributed by atoms with Crippen molar-refractivity contribution in [1.82, 2.24) is 0 Å². The lowest BCUT2D eigenvalue weighted by atomic mass is 9.89. The van der Waals surface area contributed by atoms with Gasteiger partial charge in [-0.05, 0) is 36.9 Å². The third kappa shape index (κ3) is 4.78. The number of rotatable bonds is 6. The molecule has 2 fully saturated rings. The first-order valence-electron chi connectivity index (χ1n) is 10.4. The second kappa shape index (κ2) is 8.02. The summed E-state index contributed by atoms with van der Waals surface area (Å²) in [6.45, 7) is 17.9. The molecule has 1 aliphatic carbocycles. The molecule has 0 N–H and O–H groups in total. The molecule has 26 heavy (non-hydrogen) atoms. The molecule has 1 saturated heterocycles. The summed E-state index contributed by atoms with van der Waals surface area (Å²) in [4.78, 5) is 13.2. The first-order valence-corrected chi connectivity index (χ1v) is 13.3. The largest absolute Gasteiger partial charge is 0.413 e. The lowest BCUT2D eigenvalue weighted by Gasteiger charge is -2.42. The Labute approximate surface area is 161 Å². The number of Topliss-reactive ketones (excluding diaryl/α,β-unsaturated/α-hetero) is 1. The Morgan fingerprint density at radius 1 is 1.12 bits per heavy atom. The maximum absolute atomic E-state index is 13.2. The van der Waals surface area contributed by atoms with E-state index in [9.17, 15) is 4.79 Å². The maximum Gasteiger partial charge on any atom is 0.192 e. The second-order valence-electron chi connectivity index (χ2n) is 10.2. The average molecular weight is 385 g/mol. The smallest absolute Gasteiger partial charge is 0.192 e. The molecule has 2 rings (SSSR count). The zero-order chi connectivity index (χ0) is 19.8. The van der Waals surface area contributed by atoms with Crippen LogP contribution in [0.2, 0.25) is 18.1 Å². The third-order valence-corrected chi connectivity index (χ3v) is 11.1. The van der Waals surface area contributed by atoms with Crippen molar-refractivity contribution in [2.24, 2.45) is 11.8 Å². The molecular formula is C21H40O4Si. The van der Waals surface area contributed by atoms with Gasteiger partial charge in [0.05, 0.1) is 12.7 Å². The molecule has 1 heterocycles. The van der Waals surface area contributed by atoms with Gasteiger partial charge in [-0.15, -0.1) is 0 Å². The minimum atomic E-state index is -1.94. The molecule has 1 spiro atoms. The fourth-order valence-corrected chi connectivity index (χ4v) is 5.35. The summed E-state index contributed by atoms with van der Waals surface area (Å²) in [6, 6.07) is 0. The van der Waals surface area contributed by atoms with Crippen LogP contribution in [-0.4, -0.2) is 38.7 Å². The van der Waals surface area contributed by atoms with Gasteiger partial charge in [-0.2, -0.15) is 0 Å². The van der Waals surface area contributed by atoms with Crippen LogP contribution < -0.4 is 0 Å². The Kier molecular flexibility index (Phi) is 6.80. The zero-order valence-corrected chi connectivity index (χ0v) is 19.2. The van der Waals surface area contributed by atoms with Crippen LogP contribution in [0.5, 0.6) is 0 Å². The first kappa shape index (κ1) is 22.1. The van der Waals surface area contributed by atoms with Gasteiger partial charge in [0.1, 0.15) is 6.10 Å². The summed E-state index contributed by atoms with van der Waals surface area (Å²) < 4.78 is 18.8. The quantitative estimate of drug-likeness (QED) is 0.582. The fourth-order valence-electron chi connectivity index (χ4n) is 3.84. The van der Waals surface area contributed by atoms with Gasteiger partial charge in [0.15, 0.2) is 19.9 Å². The van der Waals surface area contributed by atoms with E-state index < -0.39 is 20.2 Å². The number of carbonyl (C=O) groups is 1. The van der Waals surface area contributed by atoms with Gasteiger partial charge < -0.3 is 13.9 Å². The van der Waals surface area contributed by atoms with Gasteiger partial charge in [-0.25, -0.2) is 0 Å². The van der Waals surface area contributed by atoms with Crippen molar-refractivity contribution in [3.8, 4) is 0 Å². The number of hydrogen-bond donors (Lipinski definition) is 0. The van der Waals surface area contributed by atoms with Crippen LogP contribution >= 0.6 is 0 Å². The topological polar surface area (TPSA) is 44.8 Å². The number of ketones is 1. The van der Waals surface area contributed by atoms with Gasteiger partial charge >= 0.3 is 0 Å². The normalized spacial score (nSPS) is 26.3. The van der Waals surface area contributed by atoms with Gasteiger partial charge in [0.2, 0.25) is 0 Å². The monoisotopic (exact) mass is 384 g/mol. The molecule has 0 radical (unpaired) electrons. The molecule has 0 aromatic carbocycles. The highest BCUT2D eigenvalue weighted by Crippen LogP contribution is 2.41. The molecule has 3 atom stereocenters. The molecule has 4 nitrogen and oxygen atoms in total.